The van der Waals surface area contributed by atoms with E-state index >= 15 is 0 Å². The summed E-state index contributed by atoms with van der Waals surface area (Å²) in [4.78, 5) is 0. The van der Waals surface area contributed by atoms with Crippen molar-refractivity contribution in [2.24, 2.45) is 23.7 Å². The monoisotopic (exact) mass is 220 g/mol. The average molecular weight is 220 g/mol. The van der Waals surface area contributed by atoms with Gasteiger partial charge in [0.05, 0.1) is 0 Å². The first kappa shape index (κ1) is 11.1. The van der Waals surface area contributed by atoms with E-state index in [4.69, 9.17) is 0 Å². The number of hydrogen-bond acceptors (Lipinski definition) is 0. The normalized spacial score (nSPS) is 45.0. The topological polar surface area (TPSA) is 0 Å². The third-order valence-corrected chi connectivity index (χ3v) is 5.82. The first-order valence-electron chi connectivity index (χ1n) is 7.90. The van der Waals surface area contributed by atoms with Crippen molar-refractivity contribution in [3.63, 3.8) is 0 Å². The third kappa shape index (κ3) is 2.63. The Balaban J connectivity index is 0.000000104. The van der Waals surface area contributed by atoms with Crippen molar-refractivity contribution < 1.29 is 0 Å². The Kier molecular flexibility index (Phi) is 3.54. The lowest BCUT2D eigenvalue weighted by Gasteiger charge is -2.22. The van der Waals surface area contributed by atoms with Crippen LogP contribution in [0.1, 0.15) is 77.0 Å². The molecule has 5 saturated carbocycles. The van der Waals surface area contributed by atoms with Gasteiger partial charge in [-0.3, -0.25) is 0 Å². The first-order chi connectivity index (χ1) is 7.90. The lowest BCUT2D eigenvalue weighted by atomic mass is 9.84. The van der Waals surface area contributed by atoms with E-state index in [9.17, 15) is 0 Å². The van der Waals surface area contributed by atoms with Crippen molar-refractivity contribution in [2.75, 3.05) is 0 Å². The van der Waals surface area contributed by atoms with Crippen molar-refractivity contribution in [1.82, 2.24) is 0 Å². The summed E-state index contributed by atoms with van der Waals surface area (Å²) in [6.07, 6.45) is 18.7. The fourth-order valence-electron chi connectivity index (χ4n) is 4.68. The fraction of sp³-hybridized carbons (Fsp3) is 1.00. The second-order valence-corrected chi connectivity index (χ2v) is 6.94. The molecular weight excluding hydrogens is 192 g/mol. The van der Waals surface area contributed by atoms with E-state index in [1.807, 2.05) is 0 Å². The van der Waals surface area contributed by atoms with Crippen molar-refractivity contribution in [2.45, 2.75) is 77.0 Å². The summed E-state index contributed by atoms with van der Waals surface area (Å²) in [6, 6.07) is 0. The van der Waals surface area contributed by atoms with Gasteiger partial charge in [-0.15, -0.1) is 0 Å². The highest BCUT2D eigenvalue weighted by Gasteiger charge is 2.30. The fourth-order valence-corrected chi connectivity index (χ4v) is 4.68. The predicted octanol–water partition coefficient (Wildman–Crippen LogP) is 5.17. The summed E-state index contributed by atoms with van der Waals surface area (Å²) in [5.74, 6) is 4.63. The molecule has 0 spiro atoms. The average Bonchev–Trinajstić information content (AvgIpc) is 2.84. The maximum atomic E-state index is 1.58. The molecule has 0 saturated heterocycles. The molecule has 5 aliphatic carbocycles. The van der Waals surface area contributed by atoms with Crippen LogP contribution in [-0.2, 0) is 0 Å². The zero-order valence-electron chi connectivity index (χ0n) is 10.8. The maximum Gasteiger partial charge on any atom is -0.0411 e. The molecule has 0 N–H and O–H groups in total. The highest BCUT2D eigenvalue weighted by molar-refractivity contribution is 4.82. The van der Waals surface area contributed by atoms with Crippen LogP contribution in [0, 0.1) is 23.7 Å². The number of rotatable bonds is 0. The van der Waals surface area contributed by atoms with Crippen LogP contribution in [0.4, 0.5) is 0 Å². The van der Waals surface area contributed by atoms with Crippen LogP contribution in [0.15, 0.2) is 0 Å². The van der Waals surface area contributed by atoms with E-state index in [1.54, 1.807) is 70.6 Å². The van der Waals surface area contributed by atoms with Crippen LogP contribution in [0.3, 0.4) is 0 Å². The Morgan fingerprint density at radius 1 is 0.375 bits per heavy atom. The van der Waals surface area contributed by atoms with E-state index in [1.165, 1.54) is 18.3 Å². The van der Waals surface area contributed by atoms with Crippen LogP contribution in [-0.4, -0.2) is 0 Å². The summed E-state index contributed by atoms with van der Waals surface area (Å²) in [5, 5.41) is 0. The molecule has 16 heavy (non-hydrogen) atoms. The molecule has 0 unspecified atom stereocenters. The van der Waals surface area contributed by atoms with Crippen molar-refractivity contribution in [3.05, 3.63) is 0 Å². The van der Waals surface area contributed by atoms with Gasteiger partial charge in [0.25, 0.3) is 0 Å². The van der Waals surface area contributed by atoms with Gasteiger partial charge in [-0.2, -0.15) is 0 Å². The molecule has 0 atom stereocenters. The Morgan fingerprint density at radius 2 is 0.750 bits per heavy atom. The zero-order valence-corrected chi connectivity index (χ0v) is 10.8. The summed E-state index contributed by atoms with van der Waals surface area (Å²) in [5.41, 5.74) is 0. The lowest BCUT2D eigenvalue weighted by molar-refractivity contribution is 0.308. The van der Waals surface area contributed by atoms with Crippen molar-refractivity contribution in [1.29, 1.82) is 0 Å². The molecule has 5 rings (SSSR count). The number of hydrogen-bond donors (Lipinski definition) is 0. The summed E-state index contributed by atoms with van der Waals surface area (Å²) in [7, 11) is 0. The molecule has 0 amide bonds. The molecule has 5 fully saturated rings. The van der Waals surface area contributed by atoms with E-state index < -0.39 is 0 Å². The van der Waals surface area contributed by atoms with Gasteiger partial charge in [-0.25, -0.2) is 0 Å². The minimum absolute atomic E-state index is 1.14. The van der Waals surface area contributed by atoms with Gasteiger partial charge in [0.15, 0.2) is 0 Å². The van der Waals surface area contributed by atoms with Crippen LogP contribution in [0.5, 0.6) is 0 Å². The van der Waals surface area contributed by atoms with Gasteiger partial charge in [-0.05, 0) is 30.1 Å². The van der Waals surface area contributed by atoms with Crippen LogP contribution >= 0.6 is 0 Å². The molecule has 92 valence electrons. The standard InChI is InChI=1S/C9H16.C7H12/c1-2-8-4-6-9(3-1)7-5-8;1-2-7-4-3-6(1)5-7/h8-9H,1-7H2;6-7H,1-5H2. The van der Waals surface area contributed by atoms with Gasteiger partial charge >= 0.3 is 0 Å². The van der Waals surface area contributed by atoms with E-state index in [0.717, 1.165) is 11.8 Å². The van der Waals surface area contributed by atoms with Gasteiger partial charge in [-0.1, -0.05) is 70.6 Å². The predicted molar refractivity (Wildman–Crippen MR) is 69.4 cm³/mol. The van der Waals surface area contributed by atoms with E-state index in [0.29, 0.717) is 0 Å². The molecule has 0 aromatic carbocycles. The smallest absolute Gasteiger partial charge is 0.0411 e. The first-order valence-corrected chi connectivity index (χ1v) is 7.90. The van der Waals surface area contributed by atoms with E-state index in [-0.39, 0.29) is 0 Å². The third-order valence-electron chi connectivity index (χ3n) is 5.82. The minimum Gasteiger partial charge on any atom is -0.0528 e. The van der Waals surface area contributed by atoms with Gasteiger partial charge < -0.3 is 0 Å². The largest absolute Gasteiger partial charge is 0.0528 e. The van der Waals surface area contributed by atoms with Crippen molar-refractivity contribution >= 4 is 0 Å². The molecule has 0 heteroatoms. The minimum atomic E-state index is 1.14. The van der Waals surface area contributed by atoms with Crippen molar-refractivity contribution in [3.8, 4) is 0 Å². The SMILES string of the molecule is C1CC2CCC(C1)CC2.C1CC2CCC1C2. The Hall–Kier alpha value is 0. The Morgan fingerprint density at radius 3 is 1.06 bits per heavy atom. The maximum absolute atomic E-state index is 1.58. The summed E-state index contributed by atoms with van der Waals surface area (Å²) < 4.78 is 0. The molecule has 4 bridgehead atoms. The highest BCUT2D eigenvalue weighted by atomic mass is 14.4. The Bertz CT molecular complexity index is 177. The molecular formula is C16H28. The van der Waals surface area contributed by atoms with Crippen LogP contribution in [0.25, 0.3) is 0 Å². The molecule has 0 aliphatic heterocycles. The van der Waals surface area contributed by atoms with Gasteiger partial charge in [0.2, 0.25) is 0 Å². The lowest BCUT2D eigenvalue weighted by Crippen LogP contribution is -2.08. The summed E-state index contributed by atoms with van der Waals surface area (Å²) >= 11 is 0. The molecule has 0 aromatic heterocycles. The molecule has 0 nitrogen and oxygen atoms in total. The number of fused-ring (bicyclic) bond motifs is 6. The second-order valence-electron chi connectivity index (χ2n) is 6.94. The van der Waals surface area contributed by atoms with Gasteiger partial charge in [0, 0.05) is 0 Å². The highest BCUT2D eigenvalue weighted by Crippen LogP contribution is 2.43. The summed E-state index contributed by atoms with van der Waals surface area (Å²) in [6.45, 7) is 0. The molecule has 0 radical (unpaired) electrons. The van der Waals surface area contributed by atoms with Crippen LogP contribution < -0.4 is 0 Å². The second kappa shape index (κ2) is 5.10. The van der Waals surface area contributed by atoms with Gasteiger partial charge in [0.1, 0.15) is 0 Å². The zero-order chi connectivity index (χ0) is 10.8. The Labute approximate surface area is 101 Å². The molecule has 0 heterocycles. The van der Waals surface area contributed by atoms with E-state index in [2.05, 4.69) is 0 Å². The van der Waals surface area contributed by atoms with Crippen LogP contribution in [0.2, 0.25) is 0 Å². The molecule has 5 aliphatic rings. The quantitative estimate of drug-likeness (QED) is 0.528. The molecule has 0 aromatic rings.